The molecule has 0 aliphatic carbocycles. The third kappa shape index (κ3) is 2.53. The number of amides is 2. The molecule has 2 aromatic rings. The molecule has 0 radical (unpaired) electrons. The molecule has 2 aliphatic heterocycles. The fraction of sp³-hybridized carbons (Fsp3) is 0.222. The van der Waals surface area contributed by atoms with Crippen LogP contribution in [0.3, 0.4) is 0 Å². The lowest BCUT2D eigenvalue weighted by Gasteiger charge is -2.20. The number of nitrogens with zero attached hydrogens (tertiary/aromatic N) is 1. The first-order valence-corrected chi connectivity index (χ1v) is 9.68. The number of sulfonamides is 1. The number of hydrogen-bond donors (Lipinski definition) is 2. The fourth-order valence-corrected chi connectivity index (χ4v) is 4.71. The van der Waals surface area contributed by atoms with Crippen molar-refractivity contribution in [2.45, 2.75) is 18.2 Å². The first-order valence-electron chi connectivity index (χ1n) is 8.24. The Labute approximate surface area is 151 Å². The molecule has 2 N–H and O–H groups in total. The van der Waals surface area contributed by atoms with Crippen molar-refractivity contribution in [3.05, 3.63) is 48.0 Å². The molecule has 26 heavy (non-hydrogen) atoms. The molecule has 134 valence electrons. The number of anilines is 3. The van der Waals surface area contributed by atoms with Crippen LogP contribution in [0.2, 0.25) is 0 Å². The van der Waals surface area contributed by atoms with Gasteiger partial charge in [-0.2, -0.15) is 0 Å². The van der Waals surface area contributed by atoms with Crippen LogP contribution in [0.5, 0.6) is 0 Å². The quantitative estimate of drug-likeness (QED) is 0.789. The zero-order valence-corrected chi connectivity index (χ0v) is 14.8. The highest BCUT2D eigenvalue weighted by atomic mass is 32.2. The summed E-state index contributed by atoms with van der Waals surface area (Å²) in [6, 6.07) is 11.7. The van der Waals surface area contributed by atoms with Crippen molar-refractivity contribution in [2.75, 3.05) is 21.5 Å². The predicted octanol–water partition coefficient (Wildman–Crippen LogP) is 1.96. The Bertz CT molecular complexity index is 1030. The van der Waals surface area contributed by atoms with Gasteiger partial charge in [-0.25, -0.2) is 8.42 Å². The summed E-state index contributed by atoms with van der Waals surface area (Å²) in [4.78, 5) is 24.0. The molecule has 7 nitrogen and oxygen atoms in total. The first kappa shape index (κ1) is 16.6. The van der Waals surface area contributed by atoms with Crippen LogP contribution in [0.1, 0.15) is 12.5 Å². The minimum absolute atomic E-state index is 0.0667. The van der Waals surface area contributed by atoms with Crippen molar-refractivity contribution in [2.24, 2.45) is 5.92 Å². The van der Waals surface area contributed by atoms with E-state index in [-0.39, 0.29) is 10.6 Å². The second-order valence-corrected chi connectivity index (χ2v) is 8.23. The number of rotatable bonds is 2. The molecule has 2 aliphatic rings. The van der Waals surface area contributed by atoms with Gasteiger partial charge in [-0.1, -0.05) is 18.2 Å². The maximum absolute atomic E-state index is 13.1. The van der Waals surface area contributed by atoms with Gasteiger partial charge in [0.15, 0.2) is 0 Å². The molecular formula is C18H17N3O4S. The molecule has 2 heterocycles. The minimum atomic E-state index is -3.77. The van der Waals surface area contributed by atoms with E-state index in [1.165, 1.54) is 29.4 Å². The van der Waals surface area contributed by atoms with Gasteiger partial charge in [-0.3, -0.25) is 13.9 Å². The summed E-state index contributed by atoms with van der Waals surface area (Å²) >= 11 is 0. The zero-order valence-electron chi connectivity index (χ0n) is 14.0. The number of nitrogens with one attached hydrogen (secondary N) is 2. The monoisotopic (exact) mass is 371 g/mol. The largest absolute Gasteiger partial charge is 0.324 e. The SMILES string of the molecule is CC1C(=O)Nc2ccc(S(=O)(=O)N3CCc4ccccc43)cc2NC1=O. The summed E-state index contributed by atoms with van der Waals surface area (Å²) in [6.07, 6.45) is 0.657. The highest BCUT2D eigenvalue weighted by Crippen LogP contribution is 2.35. The molecule has 2 amide bonds. The molecule has 4 rings (SSSR count). The highest BCUT2D eigenvalue weighted by molar-refractivity contribution is 7.92. The van der Waals surface area contributed by atoms with Crippen molar-refractivity contribution < 1.29 is 18.0 Å². The van der Waals surface area contributed by atoms with Gasteiger partial charge < -0.3 is 10.6 Å². The van der Waals surface area contributed by atoms with Crippen molar-refractivity contribution in [1.29, 1.82) is 0 Å². The van der Waals surface area contributed by atoms with Crippen LogP contribution in [0, 0.1) is 5.92 Å². The lowest BCUT2D eigenvalue weighted by molar-refractivity contribution is -0.128. The van der Waals surface area contributed by atoms with Crippen molar-refractivity contribution in [1.82, 2.24) is 0 Å². The van der Waals surface area contributed by atoms with E-state index in [0.717, 1.165) is 5.56 Å². The lowest BCUT2D eigenvalue weighted by atomic mass is 10.1. The van der Waals surface area contributed by atoms with Crippen LogP contribution in [0.4, 0.5) is 17.1 Å². The van der Waals surface area contributed by atoms with Crippen LogP contribution in [0.25, 0.3) is 0 Å². The van der Waals surface area contributed by atoms with E-state index in [2.05, 4.69) is 10.6 Å². The second-order valence-electron chi connectivity index (χ2n) is 6.36. The Hall–Kier alpha value is -2.87. The van der Waals surface area contributed by atoms with Gasteiger partial charge in [-0.05, 0) is 43.2 Å². The minimum Gasteiger partial charge on any atom is -0.324 e. The van der Waals surface area contributed by atoms with E-state index in [1.807, 2.05) is 12.1 Å². The molecule has 0 saturated carbocycles. The van der Waals surface area contributed by atoms with Gasteiger partial charge in [-0.15, -0.1) is 0 Å². The third-order valence-electron chi connectivity index (χ3n) is 4.73. The van der Waals surface area contributed by atoms with Gasteiger partial charge in [0.05, 0.1) is 22.0 Å². The second kappa shape index (κ2) is 5.84. The number of fused-ring (bicyclic) bond motifs is 2. The number of carbonyl (C=O) groups is 2. The average molecular weight is 371 g/mol. The van der Waals surface area contributed by atoms with Gasteiger partial charge in [0.2, 0.25) is 11.8 Å². The maximum atomic E-state index is 13.1. The normalized spacial score (nSPS) is 19.3. The number of carbonyl (C=O) groups excluding carboxylic acids is 2. The molecule has 0 aromatic heterocycles. The standard InChI is InChI=1S/C18H17N3O4S/c1-11-17(22)19-14-7-6-13(10-15(14)20-18(11)23)26(24,25)21-9-8-12-4-2-3-5-16(12)21/h2-7,10-11H,8-9H2,1H3,(H,19,22)(H,20,23). The maximum Gasteiger partial charge on any atom is 0.264 e. The van der Waals surface area contributed by atoms with E-state index >= 15 is 0 Å². The van der Waals surface area contributed by atoms with Gasteiger partial charge in [0, 0.05) is 6.54 Å². The summed E-state index contributed by atoms with van der Waals surface area (Å²) < 4.78 is 27.6. The highest BCUT2D eigenvalue weighted by Gasteiger charge is 2.32. The summed E-state index contributed by atoms with van der Waals surface area (Å²) in [7, 11) is -3.77. The van der Waals surface area contributed by atoms with E-state index in [9.17, 15) is 18.0 Å². The summed E-state index contributed by atoms with van der Waals surface area (Å²) in [5.74, 6) is -1.75. The van der Waals surface area contributed by atoms with Crippen molar-refractivity contribution in [3.63, 3.8) is 0 Å². The zero-order chi connectivity index (χ0) is 18.5. The van der Waals surface area contributed by atoms with Crippen molar-refractivity contribution >= 4 is 38.9 Å². The van der Waals surface area contributed by atoms with Gasteiger partial charge in [0.25, 0.3) is 10.0 Å². The molecule has 0 fully saturated rings. The van der Waals surface area contributed by atoms with Gasteiger partial charge in [0.1, 0.15) is 5.92 Å². The summed E-state index contributed by atoms with van der Waals surface area (Å²) in [5.41, 5.74) is 2.32. The van der Waals surface area contributed by atoms with Crippen molar-refractivity contribution in [3.8, 4) is 0 Å². The predicted molar refractivity (Wildman–Crippen MR) is 97.5 cm³/mol. The molecule has 0 spiro atoms. The van der Waals surface area contributed by atoms with Crippen LogP contribution in [-0.2, 0) is 26.0 Å². The molecular weight excluding hydrogens is 354 g/mol. The fourth-order valence-electron chi connectivity index (χ4n) is 3.18. The Balaban J connectivity index is 1.75. The average Bonchev–Trinajstić information content (AvgIpc) is 3.02. The third-order valence-corrected chi connectivity index (χ3v) is 6.54. The van der Waals surface area contributed by atoms with Crippen LogP contribution in [-0.4, -0.2) is 26.8 Å². The van der Waals surface area contributed by atoms with E-state index < -0.39 is 27.8 Å². The first-order chi connectivity index (χ1) is 12.4. The topological polar surface area (TPSA) is 95.6 Å². The Morgan fingerprint density at radius 3 is 2.46 bits per heavy atom. The van der Waals surface area contributed by atoms with E-state index in [0.29, 0.717) is 24.3 Å². The van der Waals surface area contributed by atoms with E-state index in [4.69, 9.17) is 0 Å². The summed E-state index contributed by atoms with van der Waals surface area (Å²) in [5, 5.41) is 5.26. The molecule has 0 saturated heterocycles. The molecule has 8 heteroatoms. The van der Waals surface area contributed by atoms with E-state index in [1.54, 1.807) is 12.1 Å². The van der Waals surface area contributed by atoms with Crippen LogP contribution in [0.15, 0.2) is 47.4 Å². The molecule has 2 aromatic carbocycles. The molecule has 1 unspecified atom stereocenters. The number of benzene rings is 2. The molecule has 1 atom stereocenters. The molecule has 0 bridgehead atoms. The smallest absolute Gasteiger partial charge is 0.264 e. The van der Waals surface area contributed by atoms with Gasteiger partial charge >= 0.3 is 0 Å². The Morgan fingerprint density at radius 1 is 1.00 bits per heavy atom. The lowest BCUT2D eigenvalue weighted by Crippen LogP contribution is -2.29. The number of para-hydroxylation sites is 1. The Morgan fingerprint density at radius 2 is 1.69 bits per heavy atom. The Kier molecular flexibility index (Phi) is 3.73. The number of hydrogen-bond acceptors (Lipinski definition) is 4. The van der Waals surface area contributed by atoms with Crippen LogP contribution < -0.4 is 14.9 Å². The van der Waals surface area contributed by atoms with Crippen LogP contribution >= 0.6 is 0 Å². The summed E-state index contributed by atoms with van der Waals surface area (Å²) in [6.45, 7) is 1.87.